The van der Waals surface area contributed by atoms with E-state index in [9.17, 15) is 4.39 Å². The van der Waals surface area contributed by atoms with Gasteiger partial charge in [0.15, 0.2) is 0 Å². The average molecular weight is 251 g/mol. The van der Waals surface area contributed by atoms with E-state index in [1.165, 1.54) is 19.3 Å². The van der Waals surface area contributed by atoms with Gasteiger partial charge in [0, 0.05) is 11.6 Å². The van der Waals surface area contributed by atoms with Crippen molar-refractivity contribution in [2.75, 3.05) is 6.54 Å². The largest absolute Gasteiger partial charge is 0.310 e. The van der Waals surface area contributed by atoms with Crippen LogP contribution in [0.1, 0.15) is 58.1 Å². The summed E-state index contributed by atoms with van der Waals surface area (Å²) in [6.45, 7) is 7.57. The molecule has 1 rings (SSSR count). The van der Waals surface area contributed by atoms with Crippen LogP contribution in [0.25, 0.3) is 0 Å². The lowest BCUT2D eigenvalue weighted by atomic mass is 10.0. The second kappa shape index (κ2) is 8.25. The molecule has 1 N–H and O–H groups in total. The molecular weight excluding hydrogens is 225 g/mol. The summed E-state index contributed by atoms with van der Waals surface area (Å²) in [7, 11) is 0. The molecule has 1 nitrogen and oxygen atoms in total. The Morgan fingerprint density at radius 2 is 1.89 bits per heavy atom. The lowest BCUT2D eigenvalue weighted by Gasteiger charge is -2.18. The van der Waals surface area contributed by atoms with Gasteiger partial charge in [-0.3, -0.25) is 0 Å². The van der Waals surface area contributed by atoms with E-state index < -0.39 is 0 Å². The predicted molar refractivity (Wildman–Crippen MR) is 76.1 cm³/mol. The molecule has 102 valence electrons. The molecule has 1 unspecified atom stereocenters. The Balaban J connectivity index is 2.36. The summed E-state index contributed by atoms with van der Waals surface area (Å²) in [6.07, 6.45) is 4.62. The standard InChI is InChI=1S/C16H26FN/c1-4-16(14-10-5-6-11-15(14)17)18-12-8-7-9-13(2)3/h5-6,10-11,13,16,18H,4,7-9,12H2,1-3H3. The van der Waals surface area contributed by atoms with Crippen molar-refractivity contribution in [2.24, 2.45) is 5.92 Å². The van der Waals surface area contributed by atoms with Crippen molar-refractivity contribution in [3.8, 4) is 0 Å². The van der Waals surface area contributed by atoms with Gasteiger partial charge in [-0.15, -0.1) is 0 Å². The Morgan fingerprint density at radius 1 is 1.17 bits per heavy atom. The lowest BCUT2D eigenvalue weighted by Crippen LogP contribution is -2.22. The predicted octanol–water partition coefficient (Wildman–Crippen LogP) is 4.69. The molecule has 0 aliphatic rings. The fourth-order valence-electron chi connectivity index (χ4n) is 2.19. The number of unbranched alkanes of at least 4 members (excludes halogenated alkanes) is 1. The van der Waals surface area contributed by atoms with Crippen LogP contribution >= 0.6 is 0 Å². The number of hydrogen-bond donors (Lipinski definition) is 1. The first-order chi connectivity index (χ1) is 8.65. The Morgan fingerprint density at radius 3 is 2.50 bits per heavy atom. The highest BCUT2D eigenvalue weighted by Crippen LogP contribution is 2.19. The molecule has 0 heterocycles. The van der Waals surface area contributed by atoms with Gasteiger partial charge in [-0.25, -0.2) is 4.39 Å². The summed E-state index contributed by atoms with van der Waals surface area (Å²) >= 11 is 0. The van der Waals surface area contributed by atoms with Gasteiger partial charge >= 0.3 is 0 Å². The smallest absolute Gasteiger partial charge is 0.127 e. The molecule has 0 bridgehead atoms. The van der Waals surface area contributed by atoms with Gasteiger partial charge in [-0.2, -0.15) is 0 Å². The fourth-order valence-corrected chi connectivity index (χ4v) is 2.19. The van der Waals surface area contributed by atoms with E-state index in [2.05, 4.69) is 26.1 Å². The maximum Gasteiger partial charge on any atom is 0.127 e. The topological polar surface area (TPSA) is 12.0 Å². The van der Waals surface area contributed by atoms with Gasteiger partial charge in [-0.1, -0.05) is 51.8 Å². The molecular formula is C16H26FN. The van der Waals surface area contributed by atoms with Crippen LogP contribution in [0.5, 0.6) is 0 Å². The van der Waals surface area contributed by atoms with Gasteiger partial charge in [0.05, 0.1) is 0 Å². The van der Waals surface area contributed by atoms with E-state index in [1.54, 1.807) is 12.1 Å². The van der Waals surface area contributed by atoms with E-state index in [-0.39, 0.29) is 11.9 Å². The third-order valence-corrected chi connectivity index (χ3v) is 3.29. The summed E-state index contributed by atoms with van der Waals surface area (Å²) in [6, 6.07) is 7.21. The van der Waals surface area contributed by atoms with Crippen LogP contribution in [0.4, 0.5) is 4.39 Å². The van der Waals surface area contributed by atoms with Crippen LogP contribution in [-0.2, 0) is 0 Å². The van der Waals surface area contributed by atoms with Gasteiger partial charge in [0.25, 0.3) is 0 Å². The van der Waals surface area contributed by atoms with Gasteiger partial charge < -0.3 is 5.32 Å². The summed E-state index contributed by atoms with van der Waals surface area (Å²) in [5, 5.41) is 3.46. The summed E-state index contributed by atoms with van der Waals surface area (Å²) in [4.78, 5) is 0. The van der Waals surface area contributed by atoms with E-state index in [1.807, 2.05) is 12.1 Å². The number of benzene rings is 1. The highest BCUT2D eigenvalue weighted by Gasteiger charge is 2.12. The van der Waals surface area contributed by atoms with Crippen molar-refractivity contribution in [3.63, 3.8) is 0 Å². The van der Waals surface area contributed by atoms with Crippen molar-refractivity contribution >= 4 is 0 Å². The zero-order valence-electron chi connectivity index (χ0n) is 11.9. The molecule has 0 aliphatic heterocycles. The molecule has 18 heavy (non-hydrogen) atoms. The van der Waals surface area contributed by atoms with Crippen molar-refractivity contribution < 1.29 is 4.39 Å². The molecule has 0 aliphatic carbocycles. The minimum atomic E-state index is -0.0981. The Bertz CT molecular complexity index is 336. The van der Waals surface area contributed by atoms with Crippen LogP contribution in [0.2, 0.25) is 0 Å². The second-order valence-electron chi connectivity index (χ2n) is 5.33. The molecule has 0 saturated heterocycles. The summed E-state index contributed by atoms with van der Waals surface area (Å²) in [5.41, 5.74) is 0.795. The van der Waals surface area contributed by atoms with E-state index in [4.69, 9.17) is 0 Å². The monoisotopic (exact) mass is 251 g/mol. The number of nitrogens with one attached hydrogen (secondary N) is 1. The van der Waals surface area contributed by atoms with Crippen LogP contribution in [0.15, 0.2) is 24.3 Å². The highest BCUT2D eigenvalue weighted by atomic mass is 19.1. The molecule has 0 saturated carbocycles. The molecule has 2 heteroatoms. The minimum Gasteiger partial charge on any atom is -0.310 e. The quantitative estimate of drug-likeness (QED) is 0.661. The molecule has 1 aromatic rings. The molecule has 1 aromatic carbocycles. The average Bonchev–Trinajstić information content (AvgIpc) is 2.35. The molecule has 0 fully saturated rings. The summed E-state index contributed by atoms with van der Waals surface area (Å²) < 4.78 is 13.7. The van der Waals surface area contributed by atoms with Crippen LogP contribution in [-0.4, -0.2) is 6.54 Å². The Labute approximate surface area is 111 Å². The number of halogens is 1. The maximum atomic E-state index is 13.7. The van der Waals surface area contributed by atoms with Gasteiger partial charge in [0.2, 0.25) is 0 Å². The second-order valence-corrected chi connectivity index (χ2v) is 5.33. The molecule has 0 spiro atoms. The van der Waals surface area contributed by atoms with Crippen LogP contribution < -0.4 is 5.32 Å². The van der Waals surface area contributed by atoms with E-state index in [0.29, 0.717) is 0 Å². The van der Waals surface area contributed by atoms with E-state index in [0.717, 1.165) is 24.4 Å². The van der Waals surface area contributed by atoms with Gasteiger partial charge in [-0.05, 0) is 31.4 Å². The molecule has 1 atom stereocenters. The van der Waals surface area contributed by atoms with Crippen molar-refractivity contribution in [1.29, 1.82) is 0 Å². The Kier molecular flexibility index (Phi) is 6.96. The highest BCUT2D eigenvalue weighted by molar-refractivity contribution is 5.20. The van der Waals surface area contributed by atoms with Crippen molar-refractivity contribution in [1.82, 2.24) is 5.32 Å². The molecule has 0 amide bonds. The Hall–Kier alpha value is -0.890. The van der Waals surface area contributed by atoms with Crippen LogP contribution in [0, 0.1) is 11.7 Å². The van der Waals surface area contributed by atoms with Crippen molar-refractivity contribution in [2.45, 2.75) is 52.5 Å². The SMILES string of the molecule is CCC(NCCCCC(C)C)c1ccccc1F. The fraction of sp³-hybridized carbons (Fsp3) is 0.625. The molecule has 0 radical (unpaired) electrons. The third kappa shape index (κ3) is 5.18. The zero-order chi connectivity index (χ0) is 13.4. The van der Waals surface area contributed by atoms with Crippen LogP contribution in [0.3, 0.4) is 0 Å². The molecule has 0 aromatic heterocycles. The van der Waals surface area contributed by atoms with Gasteiger partial charge in [0.1, 0.15) is 5.82 Å². The zero-order valence-corrected chi connectivity index (χ0v) is 11.9. The minimum absolute atomic E-state index is 0.0981. The summed E-state index contributed by atoms with van der Waals surface area (Å²) in [5.74, 6) is 0.678. The lowest BCUT2D eigenvalue weighted by molar-refractivity contribution is 0.462. The maximum absolute atomic E-state index is 13.7. The van der Waals surface area contributed by atoms with Crippen molar-refractivity contribution in [3.05, 3.63) is 35.6 Å². The normalized spacial score (nSPS) is 12.9. The first kappa shape index (κ1) is 15.2. The number of rotatable bonds is 8. The number of hydrogen-bond acceptors (Lipinski definition) is 1. The first-order valence-electron chi connectivity index (χ1n) is 7.13. The first-order valence-corrected chi connectivity index (χ1v) is 7.13. The van der Waals surface area contributed by atoms with E-state index >= 15 is 0 Å². The third-order valence-electron chi connectivity index (χ3n) is 3.29.